The first-order valence-corrected chi connectivity index (χ1v) is 6.56. The van der Waals surface area contributed by atoms with Crippen LogP contribution in [0.15, 0.2) is 12.1 Å². The van der Waals surface area contributed by atoms with Crippen molar-refractivity contribution in [2.75, 3.05) is 6.54 Å². The molecule has 0 aliphatic carbocycles. The fourth-order valence-corrected chi connectivity index (χ4v) is 2.41. The molecule has 18 heavy (non-hydrogen) atoms. The Morgan fingerprint density at radius 3 is 2.67 bits per heavy atom. The van der Waals surface area contributed by atoms with Gasteiger partial charge >= 0.3 is 0 Å². The molecule has 2 nitrogen and oxygen atoms in total. The Labute approximate surface area is 106 Å². The molecule has 0 saturated carbocycles. The highest BCUT2D eigenvalue weighted by Crippen LogP contribution is 2.40. The van der Waals surface area contributed by atoms with Crippen molar-refractivity contribution in [3.05, 3.63) is 29.3 Å². The molecule has 1 N–H and O–H groups in total. The van der Waals surface area contributed by atoms with E-state index in [1.54, 1.807) is 0 Å². The van der Waals surface area contributed by atoms with Gasteiger partial charge in [0, 0.05) is 11.6 Å². The second-order valence-electron chi connectivity index (χ2n) is 4.68. The molecule has 0 aromatic heterocycles. The third-order valence-electron chi connectivity index (χ3n) is 3.20. The minimum absolute atomic E-state index is 0.104. The number of ether oxygens (including phenoxy) is 1. The zero-order valence-corrected chi connectivity index (χ0v) is 10.8. The lowest BCUT2D eigenvalue weighted by molar-refractivity contribution is 0.173. The van der Waals surface area contributed by atoms with Crippen molar-refractivity contribution in [3.63, 3.8) is 0 Å². The second-order valence-corrected chi connectivity index (χ2v) is 4.68. The molecule has 0 bridgehead atoms. The second kappa shape index (κ2) is 5.65. The van der Waals surface area contributed by atoms with Crippen LogP contribution in [-0.2, 0) is 0 Å². The number of rotatable bonds is 5. The smallest absolute Gasteiger partial charge is 0.168 e. The molecule has 2 rings (SSSR count). The summed E-state index contributed by atoms with van der Waals surface area (Å²) in [5, 5.41) is 3.32. The molecule has 0 spiro atoms. The van der Waals surface area contributed by atoms with Crippen LogP contribution < -0.4 is 10.1 Å². The van der Waals surface area contributed by atoms with Gasteiger partial charge in [-0.25, -0.2) is 8.78 Å². The maximum Gasteiger partial charge on any atom is 0.168 e. The molecule has 0 amide bonds. The van der Waals surface area contributed by atoms with E-state index < -0.39 is 11.6 Å². The molecular formula is C14H19F2NO. The number of hydrogen-bond acceptors (Lipinski definition) is 2. The average Bonchev–Trinajstić information content (AvgIpc) is 2.65. The van der Waals surface area contributed by atoms with E-state index in [0.29, 0.717) is 5.56 Å². The number of fused-ring (bicyclic) bond motifs is 1. The molecule has 2 unspecified atom stereocenters. The molecule has 1 aliphatic heterocycles. The van der Waals surface area contributed by atoms with Crippen molar-refractivity contribution in [1.29, 1.82) is 0 Å². The zero-order valence-electron chi connectivity index (χ0n) is 10.8. The zero-order chi connectivity index (χ0) is 13.1. The van der Waals surface area contributed by atoms with Gasteiger partial charge in [0.15, 0.2) is 11.6 Å². The van der Waals surface area contributed by atoms with E-state index in [2.05, 4.69) is 19.2 Å². The minimum atomic E-state index is -0.605. The molecular weight excluding hydrogens is 236 g/mol. The van der Waals surface area contributed by atoms with Crippen LogP contribution in [0.25, 0.3) is 0 Å². The first-order valence-electron chi connectivity index (χ1n) is 6.56. The van der Waals surface area contributed by atoms with Crippen molar-refractivity contribution in [2.24, 2.45) is 0 Å². The summed E-state index contributed by atoms with van der Waals surface area (Å²) in [6.45, 7) is 4.93. The van der Waals surface area contributed by atoms with E-state index >= 15 is 0 Å². The van der Waals surface area contributed by atoms with Crippen molar-refractivity contribution < 1.29 is 13.5 Å². The van der Waals surface area contributed by atoms with E-state index in [0.717, 1.165) is 31.9 Å². The van der Waals surface area contributed by atoms with Crippen LogP contribution in [0.1, 0.15) is 44.7 Å². The third kappa shape index (κ3) is 2.48. The molecule has 1 heterocycles. The highest BCUT2D eigenvalue weighted by atomic mass is 19.1. The summed E-state index contributed by atoms with van der Waals surface area (Å²) < 4.78 is 32.6. The molecule has 4 heteroatoms. The van der Waals surface area contributed by atoms with Crippen LogP contribution in [0.2, 0.25) is 0 Å². The molecule has 1 aromatic rings. The molecule has 2 atom stereocenters. The monoisotopic (exact) mass is 255 g/mol. The molecule has 0 saturated heterocycles. The minimum Gasteiger partial charge on any atom is -0.485 e. The Bertz CT molecular complexity index is 423. The van der Waals surface area contributed by atoms with Crippen LogP contribution in [0, 0.1) is 11.6 Å². The van der Waals surface area contributed by atoms with Gasteiger partial charge in [-0.15, -0.1) is 0 Å². The lowest BCUT2D eigenvalue weighted by Crippen LogP contribution is -2.31. The van der Waals surface area contributed by atoms with Crippen LogP contribution >= 0.6 is 0 Å². The maximum absolute atomic E-state index is 13.7. The topological polar surface area (TPSA) is 21.3 Å². The summed E-state index contributed by atoms with van der Waals surface area (Å²) in [5.74, 6) is -0.939. The normalized spacial score (nSPS) is 21.8. The lowest BCUT2D eigenvalue weighted by Gasteiger charge is -2.19. The third-order valence-corrected chi connectivity index (χ3v) is 3.20. The predicted molar refractivity (Wildman–Crippen MR) is 66.7 cm³/mol. The molecule has 1 aromatic carbocycles. The van der Waals surface area contributed by atoms with Crippen molar-refractivity contribution in [2.45, 2.75) is 45.3 Å². The molecule has 0 radical (unpaired) electrons. The predicted octanol–water partition coefficient (Wildman–Crippen LogP) is 3.57. The summed E-state index contributed by atoms with van der Waals surface area (Å²) >= 11 is 0. The maximum atomic E-state index is 13.7. The molecule has 0 fully saturated rings. The summed E-state index contributed by atoms with van der Waals surface area (Å²) in [4.78, 5) is 0. The van der Waals surface area contributed by atoms with Gasteiger partial charge in [-0.2, -0.15) is 0 Å². The largest absolute Gasteiger partial charge is 0.485 e. The Morgan fingerprint density at radius 1 is 1.22 bits per heavy atom. The standard InChI is InChI=1S/C14H19F2NO/c1-3-5-12-13(17-6-4-2)10-7-9(15)8-11(16)14(10)18-12/h7-8,12-13,17H,3-6H2,1-2H3. The Kier molecular flexibility index (Phi) is 4.17. The number of hydrogen-bond donors (Lipinski definition) is 1. The van der Waals surface area contributed by atoms with Gasteiger partial charge in [-0.3, -0.25) is 0 Å². The Balaban J connectivity index is 2.29. The van der Waals surface area contributed by atoms with E-state index in [-0.39, 0.29) is 17.9 Å². The van der Waals surface area contributed by atoms with Crippen LogP contribution in [-0.4, -0.2) is 12.6 Å². The summed E-state index contributed by atoms with van der Waals surface area (Å²) in [6, 6.07) is 2.15. The lowest BCUT2D eigenvalue weighted by atomic mass is 10.00. The van der Waals surface area contributed by atoms with Gasteiger partial charge in [0.2, 0.25) is 0 Å². The van der Waals surface area contributed by atoms with Crippen LogP contribution in [0.3, 0.4) is 0 Å². The number of benzene rings is 1. The van der Waals surface area contributed by atoms with Gasteiger partial charge in [0.05, 0.1) is 6.04 Å². The summed E-state index contributed by atoms with van der Waals surface area (Å²) in [7, 11) is 0. The van der Waals surface area contributed by atoms with Crippen LogP contribution in [0.5, 0.6) is 5.75 Å². The SMILES string of the molecule is CCCNC1c2cc(F)cc(F)c2OC1CCC. The fraction of sp³-hybridized carbons (Fsp3) is 0.571. The van der Waals surface area contributed by atoms with E-state index in [9.17, 15) is 8.78 Å². The summed E-state index contributed by atoms with van der Waals surface area (Å²) in [5.41, 5.74) is 0.611. The van der Waals surface area contributed by atoms with E-state index in [4.69, 9.17) is 4.74 Å². The van der Waals surface area contributed by atoms with Gasteiger partial charge < -0.3 is 10.1 Å². The van der Waals surface area contributed by atoms with Gasteiger partial charge in [-0.1, -0.05) is 20.3 Å². The average molecular weight is 255 g/mol. The fourth-order valence-electron chi connectivity index (χ4n) is 2.41. The van der Waals surface area contributed by atoms with Gasteiger partial charge in [0.1, 0.15) is 11.9 Å². The van der Waals surface area contributed by atoms with Gasteiger partial charge in [-0.05, 0) is 25.5 Å². The van der Waals surface area contributed by atoms with Crippen molar-refractivity contribution in [3.8, 4) is 5.75 Å². The van der Waals surface area contributed by atoms with Gasteiger partial charge in [0.25, 0.3) is 0 Å². The number of halogens is 2. The van der Waals surface area contributed by atoms with Crippen molar-refractivity contribution >= 4 is 0 Å². The van der Waals surface area contributed by atoms with E-state index in [1.165, 1.54) is 6.07 Å². The highest BCUT2D eigenvalue weighted by Gasteiger charge is 2.35. The molecule has 100 valence electrons. The first kappa shape index (κ1) is 13.3. The van der Waals surface area contributed by atoms with Crippen LogP contribution in [0.4, 0.5) is 8.78 Å². The quantitative estimate of drug-likeness (QED) is 0.868. The summed E-state index contributed by atoms with van der Waals surface area (Å²) in [6.07, 6.45) is 2.65. The van der Waals surface area contributed by atoms with Crippen molar-refractivity contribution in [1.82, 2.24) is 5.32 Å². The first-order chi connectivity index (χ1) is 8.67. The Morgan fingerprint density at radius 2 is 2.00 bits per heavy atom. The van der Waals surface area contributed by atoms with E-state index in [1.807, 2.05) is 0 Å². The number of nitrogens with one attached hydrogen (secondary N) is 1. The Hall–Kier alpha value is -1.16. The molecule has 1 aliphatic rings. The highest BCUT2D eigenvalue weighted by molar-refractivity contribution is 5.42.